The molecule has 0 heterocycles. The molecule has 0 unspecified atom stereocenters. The van der Waals surface area contributed by atoms with E-state index in [1.165, 1.54) is 13.2 Å². The van der Waals surface area contributed by atoms with Gasteiger partial charge < -0.3 is 10.1 Å². The summed E-state index contributed by atoms with van der Waals surface area (Å²) in [5, 5.41) is 2.31. The van der Waals surface area contributed by atoms with Crippen molar-refractivity contribution >= 4 is 27.5 Å². The molecule has 0 fully saturated rings. The second-order valence-corrected chi connectivity index (χ2v) is 4.03. The summed E-state index contributed by atoms with van der Waals surface area (Å²) in [4.78, 5) is 11.2. The SMILES string of the molecule is COCC(=O)Nc1cc(C(F)(F)F)ccc1Br. The molecule has 0 bridgehead atoms. The highest BCUT2D eigenvalue weighted by atomic mass is 79.9. The van der Waals surface area contributed by atoms with Gasteiger partial charge in [0.1, 0.15) is 6.61 Å². The first kappa shape index (κ1) is 14.0. The quantitative estimate of drug-likeness (QED) is 0.931. The second-order valence-electron chi connectivity index (χ2n) is 3.17. The molecule has 17 heavy (non-hydrogen) atoms. The van der Waals surface area contributed by atoms with Crippen molar-refractivity contribution < 1.29 is 22.7 Å². The standard InChI is InChI=1S/C10H9BrF3NO2/c1-17-5-9(16)15-8-4-6(10(12,13)14)2-3-7(8)11/h2-4H,5H2,1H3,(H,15,16). The first-order valence-corrected chi connectivity index (χ1v) is 5.29. The van der Waals surface area contributed by atoms with E-state index in [0.717, 1.165) is 12.1 Å². The number of methoxy groups -OCH3 is 1. The van der Waals surface area contributed by atoms with Gasteiger partial charge in [0.25, 0.3) is 0 Å². The van der Waals surface area contributed by atoms with E-state index in [0.29, 0.717) is 4.47 Å². The fraction of sp³-hybridized carbons (Fsp3) is 0.300. The van der Waals surface area contributed by atoms with Crippen LogP contribution in [0.4, 0.5) is 18.9 Å². The summed E-state index contributed by atoms with van der Waals surface area (Å²) < 4.78 is 42.2. The predicted octanol–water partition coefficient (Wildman–Crippen LogP) is 3.05. The number of hydrogen-bond acceptors (Lipinski definition) is 2. The van der Waals surface area contributed by atoms with Gasteiger partial charge in [-0.2, -0.15) is 13.2 Å². The summed E-state index contributed by atoms with van der Waals surface area (Å²) in [6.07, 6.45) is -4.44. The van der Waals surface area contributed by atoms with E-state index in [-0.39, 0.29) is 12.3 Å². The topological polar surface area (TPSA) is 38.3 Å². The van der Waals surface area contributed by atoms with E-state index in [4.69, 9.17) is 0 Å². The van der Waals surface area contributed by atoms with E-state index in [9.17, 15) is 18.0 Å². The molecule has 1 N–H and O–H groups in total. The molecule has 0 spiro atoms. The summed E-state index contributed by atoms with van der Waals surface area (Å²) in [6, 6.07) is 3.01. The summed E-state index contributed by atoms with van der Waals surface area (Å²) in [7, 11) is 1.32. The normalized spacial score (nSPS) is 11.4. The zero-order valence-corrected chi connectivity index (χ0v) is 10.4. The molecule has 0 saturated carbocycles. The van der Waals surface area contributed by atoms with Crippen molar-refractivity contribution in [2.45, 2.75) is 6.18 Å². The molecule has 7 heteroatoms. The van der Waals surface area contributed by atoms with Crippen molar-refractivity contribution in [2.24, 2.45) is 0 Å². The van der Waals surface area contributed by atoms with Crippen LogP contribution in [-0.4, -0.2) is 19.6 Å². The molecule has 0 aliphatic heterocycles. The van der Waals surface area contributed by atoms with Gasteiger partial charge in [-0.1, -0.05) is 0 Å². The minimum Gasteiger partial charge on any atom is -0.375 e. The number of carbonyl (C=O) groups is 1. The Labute approximate surface area is 104 Å². The van der Waals surface area contributed by atoms with Crippen LogP contribution in [0.15, 0.2) is 22.7 Å². The van der Waals surface area contributed by atoms with Crippen molar-refractivity contribution in [3.05, 3.63) is 28.2 Å². The average Bonchev–Trinajstić information content (AvgIpc) is 2.20. The monoisotopic (exact) mass is 311 g/mol. The summed E-state index contributed by atoms with van der Waals surface area (Å²) in [5.74, 6) is -0.521. The Morgan fingerprint density at radius 2 is 2.12 bits per heavy atom. The first-order chi connectivity index (χ1) is 7.84. The molecule has 1 amide bonds. The van der Waals surface area contributed by atoms with Crippen molar-refractivity contribution in [1.82, 2.24) is 0 Å². The molecule has 1 rings (SSSR count). The number of alkyl halides is 3. The average molecular weight is 312 g/mol. The van der Waals surface area contributed by atoms with E-state index in [1.54, 1.807) is 0 Å². The van der Waals surface area contributed by atoms with Gasteiger partial charge in [0.05, 0.1) is 11.3 Å². The van der Waals surface area contributed by atoms with Gasteiger partial charge in [-0.05, 0) is 34.1 Å². The fourth-order valence-corrected chi connectivity index (χ4v) is 1.46. The number of rotatable bonds is 3. The van der Waals surface area contributed by atoms with Crippen LogP contribution < -0.4 is 5.32 Å². The molecular formula is C10H9BrF3NO2. The van der Waals surface area contributed by atoms with E-state index in [2.05, 4.69) is 26.0 Å². The number of carbonyl (C=O) groups excluding carboxylic acids is 1. The molecule has 0 aromatic heterocycles. The molecule has 0 saturated heterocycles. The Kier molecular flexibility index (Phi) is 4.53. The first-order valence-electron chi connectivity index (χ1n) is 4.50. The Morgan fingerprint density at radius 1 is 1.47 bits per heavy atom. The maximum Gasteiger partial charge on any atom is 0.416 e. The van der Waals surface area contributed by atoms with Gasteiger partial charge in [-0.25, -0.2) is 0 Å². The summed E-state index contributed by atoms with van der Waals surface area (Å²) >= 11 is 3.05. The highest BCUT2D eigenvalue weighted by molar-refractivity contribution is 9.10. The van der Waals surface area contributed by atoms with Crippen LogP contribution in [0.1, 0.15) is 5.56 Å². The highest BCUT2D eigenvalue weighted by Crippen LogP contribution is 2.33. The smallest absolute Gasteiger partial charge is 0.375 e. The summed E-state index contributed by atoms with van der Waals surface area (Å²) in [5.41, 5.74) is -0.768. The minimum atomic E-state index is -4.44. The highest BCUT2D eigenvalue weighted by Gasteiger charge is 2.31. The lowest BCUT2D eigenvalue weighted by Gasteiger charge is -2.11. The Hall–Kier alpha value is -1.08. The van der Waals surface area contributed by atoms with Crippen molar-refractivity contribution in [3.8, 4) is 0 Å². The van der Waals surface area contributed by atoms with E-state index >= 15 is 0 Å². The molecule has 1 aromatic carbocycles. The van der Waals surface area contributed by atoms with Gasteiger partial charge in [-0.3, -0.25) is 4.79 Å². The fourth-order valence-electron chi connectivity index (χ4n) is 1.11. The third-order valence-electron chi connectivity index (χ3n) is 1.84. The minimum absolute atomic E-state index is 0.0573. The molecule has 94 valence electrons. The molecule has 1 aromatic rings. The van der Waals surface area contributed by atoms with Crippen LogP contribution in [-0.2, 0) is 15.7 Å². The van der Waals surface area contributed by atoms with Crippen LogP contribution in [0, 0.1) is 0 Å². The van der Waals surface area contributed by atoms with Gasteiger partial charge in [0, 0.05) is 11.6 Å². The lowest BCUT2D eigenvalue weighted by molar-refractivity contribution is -0.137. The van der Waals surface area contributed by atoms with Crippen LogP contribution in [0.2, 0.25) is 0 Å². The number of benzene rings is 1. The number of nitrogens with one attached hydrogen (secondary N) is 1. The number of amides is 1. The van der Waals surface area contributed by atoms with Crippen molar-refractivity contribution in [2.75, 3.05) is 19.0 Å². The van der Waals surface area contributed by atoms with Crippen LogP contribution >= 0.6 is 15.9 Å². The molecule has 0 aliphatic carbocycles. The maximum absolute atomic E-state index is 12.4. The Balaban J connectivity index is 2.95. The van der Waals surface area contributed by atoms with Crippen LogP contribution in [0.5, 0.6) is 0 Å². The van der Waals surface area contributed by atoms with E-state index < -0.39 is 17.6 Å². The van der Waals surface area contributed by atoms with E-state index in [1.807, 2.05) is 0 Å². The van der Waals surface area contributed by atoms with Gasteiger partial charge in [0.2, 0.25) is 5.91 Å². The second kappa shape index (κ2) is 5.50. The lowest BCUT2D eigenvalue weighted by atomic mass is 10.2. The third kappa shape index (κ3) is 4.01. The number of halogens is 4. The van der Waals surface area contributed by atoms with Crippen molar-refractivity contribution in [1.29, 1.82) is 0 Å². The molecule has 0 atom stereocenters. The lowest BCUT2D eigenvalue weighted by Crippen LogP contribution is -2.18. The molecule has 0 aliphatic rings. The van der Waals surface area contributed by atoms with Gasteiger partial charge >= 0.3 is 6.18 Å². The molecule has 3 nitrogen and oxygen atoms in total. The Bertz CT molecular complexity index is 421. The number of hydrogen-bond donors (Lipinski definition) is 1. The maximum atomic E-state index is 12.4. The molecule has 0 radical (unpaired) electrons. The Morgan fingerprint density at radius 3 is 2.65 bits per heavy atom. The van der Waals surface area contributed by atoms with Crippen LogP contribution in [0.3, 0.4) is 0 Å². The zero-order valence-electron chi connectivity index (χ0n) is 8.77. The zero-order chi connectivity index (χ0) is 13.1. The summed E-state index contributed by atoms with van der Waals surface area (Å²) in [6.45, 7) is -0.220. The number of anilines is 1. The number of ether oxygens (including phenoxy) is 1. The van der Waals surface area contributed by atoms with Crippen LogP contribution in [0.25, 0.3) is 0 Å². The van der Waals surface area contributed by atoms with Crippen molar-refractivity contribution in [3.63, 3.8) is 0 Å². The third-order valence-corrected chi connectivity index (χ3v) is 2.53. The van der Waals surface area contributed by atoms with Gasteiger partial charge in [0.15, 0.2) is 0 Å². The predicted molar refractivity (Wildman–Crippen MR) is 59.6 cm³/mol. The largest absolute Gasteiger partial charge is 0.416 e. The van der Waals surface area contributed by atoms with Gasteiger partial charge in [-0.15, -0.1) is 0 Å². The molecular weight excluding hydrogens is 303 g/mol.